The Bertz CT molecular complexity index is 3150. The summed E-state index contributed by atoms with van der Waals surface area (Å²) in [5.41, 5.74) is 1.02. The van der Waals surface area contributed by atoms with Gasteiger partial charge in [-0.25, -0.2) is 48.5 Å². The quantitative estimate of drug-likeness (QED) is 0.0224. The third kappa shape index (κ3) is 18.8. The molecule has 0 saturated carbocycles. The summed E-state index contributed by atoms with van der Waals surface area (Å²) in [5, 5.41) is 16.6. The molecule has 1 aromatic heterocycles. The maximum Gasteiger partial charge on any atom is 0.407 e. The van der Waals surface area contributed by atoms with Gasteiger partial charge in [-0.15, -0.1) is 0 Å². The summed E-state index contributed by atoms with van der Waals surface area (Å²) in [6, 6.07) is 39.7. The van der Waals surface area contributed by atoms with E-state index in [1.807, 2.05) is 109 Å². The maximum atomic E-state index is 13.8. The fraction of sp³-hybridized carbons (Fsp3) is 0.250. The molecule has 0 aliphatic carbocycles. The number of carbonyl (C=O) groups excluding carboxylic acids is 7. The summed E-state index contributed by atoms with van der Waals surface area (Å²) in [4.78, 5) is 103. The zero-order valence-corrected chi connectivity index (χ0v) is 47.4. The van der Waals surface area contributed by atoms with E-state index in [0.717, 1.165) is 46.6 Å². The predicted octanol–water partition coefficient (Wildman–Crippen LogP) is 9.51. The van der Waals surface area contributed by atoms with Crippen molar-refractivity contribution in [3.8, 4) is 67.9 Å². The maximum absolute atomic E-state index is 13.8. The molecule has 1 atom stereocenters. The van der Waals surface area contributed by atoms with Gasteiger partial charge in [-0.1, -0.05) is 142 Å². The van der Waals surface area contributed by atoms with Gasteiger partial charge in [0.2, 0.25) is 0 Å². The molecule has 0 spiro atoms. The first-order valence-corrected chi connectivity index (χ1v) is 26.5. The summed E-state index contributed by atoms with van der Waals surface area (Å²) >= 11 is 0. The highest BCUT2D eigenvalue weighted by molar-refractivity contribution is 5.83. The Morgan fingerprint density at radius 3 is 1.20 bits per heavy atom. The number of rotatable bonds is 29. The van der Waals surface area contributed by atoms with Gasteiger partial charge in [0.25, 0.3) is 0 Å². The Hall–Kier alpha value is -10.4. The smallest absolute Gasteiger partial charge is 0.407 e. The normalized spacial score (nSPS) is 11.5. The summed E-state index contributed by atoms with van der Waals surface area (Å²) < 4.78 is 43.5. The van der Waals surface area contributed by atoms with Crippen LogP contribution in [0.2, 0.25) is 0 Å². The van der Waals surface area contributed by atoms with Crippen LogP contribution in [-0.2, 0) is 57.1 Å². The number of benzene rings is 5. The van der Waals surface area contributed by atoms with Crippen molar-refractivity contribution in [2.24, 2.45) is 5.41 Å². The minimum absolute atomic E-state index is 0.0141. The molecule has 21 heteroatoms. The number of carbonyl (C=O) groups is 7. The summed E-state index contributed by atoms with van der Waals surface area (Å²) in [6.45, 7) is 15.4. The molecule has 85 heavy (non-hydrogen) atoms. The van der Waals surface area contributed by atoms with Gasteiger partial charge in [0, 0.05) is 41.5 Å². The Balaban J connectivity index is 1.22. The van der Waals surface area contributed by atoms with Crippen LogP contribution in [0.25, 0.3) is 56.4 Å². The van der Waals surface area contributed by atoms with Gasteiger partial charge in [0.15, 0.2) is 23.6 Å². The molecule has 1 heterocycles. The lowest BCUT2D eigenvalue weighted by atomic mass is 9.88. The second kappa shape index (κ2) is 30.0. The van der Waals surface area contributed by atoms with E-state index in [9.17, 15) is 38.7 Å². The zero-order chi connectivity index (χ0) is 61.6. The molecule has 442 valence electrons. The number of aromatic nitrogens is 3. The van der Waals surface area contributed by atoms with Crippen LogP contribution in [0.4, 0.5) is 9.59 Å². The van der Waals surface area contributed by atoms with Crippen LogP contribution in [0.3, 0.4) is 0 Å². The first-order chi connectivity index (χ1) is 40.7. The monoisotopic (exact) mass is 1160 g/mol. The highest BCUT2D eigenvalue weighted by atomic mass is 16.6. The van der Waals surface area contributed by atoms with E-state index < -0.39 is 111 Å². The number of hydrogen-bond acceptors (Lipinski definition) is 19. The van der Waals surface area contributed by atoms with Crippen molar-refractivity contribution < 1.29 is 76.6 Å². The highest BCUT2D eigenvalue weighted by Gasteiger charge is 2.38. The third-order valence-electron chi connectivity index (χ3n) is 12.9. The van der Waals surface area contributed by atoms with Gasteiger partial charge in [-0.3, -0.25) is 0 Å². The number of nitrogens with zero attached hydrogens (tertiary/aromatic N) is 3. The standard InChI is InChI=1S/C64H65N5O16/c1-9-52(71)78-35-62(7,36-79-53(72)10-2)68-60(76)83-40-64(13-5,41-84-61(77)69-63(8,37-80-54(73)11-3)38-81-55(74)12-4)39-82-59(75)42(6)85-49-32-33-50(51(70)34-49)58-66-56(47-28-24-45(25-29-47)43-20-16-14-17-21-43)65-57(67-58)48-30-26-46(27-31-48)44-22-18-15-19-23-44/h9-12,14-34,42,70H,1-4,13,35-41H2,5-8H3,(H,68,76)(H,69,77). The Morgan fingerprint density at radius 1 is 0.482 bits per heavy atom. The molecular formula is C64H65N5O16. The van der Waals surface area contributed by atoms with E-state index in [2.05, 4.69) is 36.9 Å². The molecule has 0 aliphatic heterocycles. The first kappa shape index (κ1) is 63.7. The summed E-state index contributed by atoms with van der Waals surface area (Å²) in [7, 11) is 0. The number of hydrogen-bond donors (Lipinski definition) is 3. The van der Waals surface area contributed by atoms with Gasteiger partial charge >= 0.3 is 42.0 Å². The summed E-state index contributed by atoms with van der Waals surface area (Å²) in [5.74, 6) is -3.71. The van der Waals surface area contributed by atoms with Gasteiger partial charge in [-0.05, 0) is 61.6 Å². The predicted molar refractivity (Wildman–Crippen MR) is 313 cm³/mol. The molecule has 0 radical (unpaired) electrons. The molecule has 6 aromatic rings. The number of alkyl carbamates (subject to hydrolysis) is 2. The Labute approximate surface area is 491 Å². The minimum Gasteiger partial charge on any atom is -0.507 e. The average Bonchev–Trinajstić information content (AvgIpc) is 2.41. The van der Waals surface area contributed by atoms with Crippen molar-refractivity contribution in [1.29, 1.82) is 0 Å². The minimum atomic E-state index is -1.57. The number of ether oxygens (including phenoxy) is 8. The molecule has 0 saturated heterocycles. The number of phenolic OH excluding ortho intramolecular Hbond substituents is 1. The van der Waals surface area contributed by atoms with Gasteiger partial charge < -0.3 is 53.6 Å². The molecule has 1 unspecified atom stereocenters. The lowest BCUT2D eigenvalue weighted by Gasteiger charge is -2.34. The zero-order valence-electron chi connectivity index (χ0n) is 47.4. The highest BCUT2D eigenvalue weighted by Crippen LogP contribution is 2.35. The molecule has 6 rings (SSSR count). The van der Waals surface area contributed by atoms with Crippen molar-refractivity contribution in [2.75, 3.05) is 46.2 Å². The van der Waals surface area contributed by atoms with Crippen molar-refractivity contribution in [2.45, 2.75) is 51.3 Å². The van der Waals surface area contributed by atoms with Crippen LogP contribution in [0, 0.1) is 5.41 Å². The van der Waals surface area contributed by atoms with Crippen LogP contribution in [0.5, 0.6) is 11.5 Å². The van der Waals surface area contributed by atoms with Crippen LogP contribution < -0.4 is 15.4 Å². The van der Waals surface area contributed by atoms with Gasteiger partial charge in [0.1, 0.15) is 68.8 Å². The van der Waals surface area contributed by atoms with E-state index in [-0.39, 0.29) is 29.3 Å². The first-order valence-electron chi connectivity index (χ1n) is 26.5. The molecule has 0 bridgehead atoms. The third-order valence-corrected chi connectivity index (χ3v) is 12.9. The topological polar surface area (TPSA) is 276 Å². The molecule has 21 nitrogen and oxygen atoms in total. The largest absolute Gasteiger partial charge is 0.507 e. The Morgan fingerprint density at radius 2 is 0.835 bits per heavy atom. The fourth-order valence-electron chi connectivity index (χ4n) is 7.83. The molecule has 5 aromatic carbocycles. The van der Waals surface area contributed by atoms with Crippen LogP contribution >= 0.6 is 0 Å². The molecule has 0 fully saturated rings. The number of phenols is 1. The van der Waals surface area contributed by atoms with Gasteiger partial charge in [-0.2, -0.15) is 0 Å². The molecule has 3 N–H and O–H groups in total. The van der Waals surface area contributed by atoms with E-state index in [1.54, 1.807) is 6.92 Å². The molecule has 2 amide bonds. The number of aromatic hydroxyl groups is 1. The van der Waals surface area contributed by atoms with Crippen LogP contribution in [0.15, 0.2) is 178 Å². The van der Waals surface area contributed by atoms with Crippen molar-refractivity contribution in [1.82, 2.24) is 25.6 Å². The SMILES string of the molecule is C=CC(=O)OCC(C)(COC(=O)C=C)NC(=O)OCC(CC)(COC(=O)NC(C)(COC(=O)C=C)COC(=O)C=C)COC(=O)C(C)Oc1ccc(-c2nc(-c3ccc(-c4ccccc4)cc3)nc(-c3ccc(-c4ccccc4)cc3)n2)c(O)c1. The lowest BCUT2D eigenvalue weighted by Crippen LogP contribution is -2.55. The number of amides is 2. The number of esters is 5. The van der Waals surface area contributed by atoms with E-state index in [4.69, 9.17) is 52.8 Å². The summed E-state index contributed by atoms with van der Waals surface area (Å²) in [6.07, 6.45) is -0.0113. The lowest BCUT2D eigenvalue weighted by molar-refractivity contribution is -0.157. The van der Waals surface area contributed by atoms with Crippen molar-refractivity contribution in [3.63, 3.8) is 0 Å². The van der Waals surface area contributed by atoms with Crippen LogP contribution in [-0.4, -0.2) is 126 Å². The van der Waals surface area contributed by atoms with E-state index >= 15 is 0 Å². The average molecular weight is 1160 g/mol. The van der Waals surface area contributed by atoms with Crippen molar-refractivity contribution in [3.05, 3.63) is 178 Å². The van der Waals surface area contributed by atoms with E-state index in [0.29, 0.717) is 22.8 Å². The second-order valence-electron chi connectivity index (χ2n) is 19.9. The number of nitrogens with one attached hydrogen (secondary N) is 2. The van der Waals surface area contributed by atoms with E-state index in [1.165, 1.54) is 39.0 Å². The van der Waals surface area contributed by atoms with Gasteiger partial charge in [0.05, 0.1) is 11.0 Å². The van der Waals surface area contributed by atoms with Crippen LogP contribution in [0.1, 0.15) is 34.1 Å². The fourth-order valence-corrected chi connectivity index (χ4v) is 7.83. The molecular weight excluding hydrogens is 1090 g/mol. The second-order valence-corrected chi connectivity index (χ2v) is 19.9. The van der Waals surface area contributed by atoms with Crippen molar-refractivity contribution >= 4 is 42.0 Å². The molecule has 0 aliphatic rings. The Kier molecular flexibility index (Phi) is 22.5.